The first-order valence-corrected chi connectivity index (χ1v) is 7.18. The van der Waals surface area contributed by atoms with Crippen LogP contribution in [0.1, 0.15) is 37.0 Å². The fourth-order valence-corrected chi connectivity index (χ4v) is 2.03. The zero-order valence-electron chi connectivity index (χ0n) is 11.4. The predicted molar refractivity (Wildman–Crippen MR) is 76.9 cm³/mol. The first-order valence-electron chi connectivity index (χ1n) is 6.39. The van der Waals surface area contributed by atoms with E-state index in [0.29, 0.717) is 4.47 Å². The Kier molecular flexibility index (Phi) is 6.64. The van der Waals surface area contributed by atoms with Crippen LogP contribution in [0.25, 0.3) is 0 Å². The maximum atomic E-state index is 13.1. The van der Waals surface area contributed by atoms with Gasteiger partial charge in [-0.2, -0.15) is 0 Å². The molecule has 0 spiro atoms. The Morgan fingerprint density at radius 2 is 2.00 bits per heavy atom. The summed E-state index contributed by atoms with van der Waals surface area (Å²) in [6, 6.07) is 3.77. The van der Waals surface area contributed by atoms with Gasteiger partial charge >= 0.3 is 5.97 Å². The first-order chi connectivity index (χ1) is 9.47. The fraction of sp³-hybridized carbons (Fsp3) is 0.429. The third-order valence-electron chi connectivity index (χ3n) is 2.83. The van der Waals surface area contributed by atoms with Gasteiger partial charge in [-0.05, 0) is 47.0 Å². The molecule has 6 heteroatoms. The number of carbonyl (C=O) groups is 2. The van der Waals surface area contributed by atoms with Crippen molar-refractivity contribution in [1.82, 2.24) is 5.32 Å². The number of amides is 1. The molecule has 0 saturated heterocycles. The average Bonchev–Trinajstić information content (AvgIpc) is 2.44. The normalized spacial score (nSPS) is 10.4. The molecule has 110 valence electrons. The lowest BCUT2D eigenvalue weighted by molar-refractivity contribution is -0.125. The fourth-order valence-electron chi connectivity index (χ4n) is 1.62. The highest BCUT2D eigenvalue weighted by Gasteiger charge is 2.15. The van der Waals surface area contributed by atoms with E-state index in [1.54, 1.807) is 0 Å². The van der Waals surface area contributed by atoms with Gasteiger partial charge < -0.3 is 10.1 Å². The average molecular weight is 346 g/mol. The minimum Gasteiger partial charge on any atom is -0.452 e. The van der Waals surface area contributed by atoms with Crippen molar-refractivity contribution < 1.29 is 18.7 Å². The summed E-state index contributed by atoms with van der Waals surface area (Å²) in [5.74, 6) is -1.64. The number of esters is 1. The van der Waals surface area contributed by atoms with Gasteiger partial charge in [0.2, 0.25) is 0 Å². The van der Waals surface area contributed by atoms with Crippen molar-refractivity contribution >= 4 is 27.8 Å². The number of carbonyl (C=O) groups excluding carboxylic acids is 2. The minimum atomic E-state index is -0.740. The lowest BCUT2D eigenvalue weighted by atomic mass is 10.2. The molecule has 1 aromatic carbocycles. The van der Waals surface area contributed by atoms with E-state index in [2.05, 4.69) is 21.2 Å². The molecule has 1 aromatic rings. The Bertz CT molecular complexity index is 489. The molecule has 4 nitrogen and oxygen atoms in total. The topological polar surface area (TPSA) is 55.4 Å². The molecule has 0 aliphatic carbocycles. The summed E-state index contributed by atoms with van der Waals surface area (Å²) in [4.78, 5) is 23.3. The maximum absolute atomic E-state index is 13.1. The van der Waals surface area contributed by atoms with Gasteiger partial charge in [0, 0.05) is 10.5 Å². The molecule has 0 unspecified atom stereocenters. The summed E-state index contributed by atoms with van der Waals surface area (Å²) >= 11 is 3.13. The predicted octanol–water partition coefficient (Wildman–Crippen LogP) is 3.05. The van der Waals surface area contributed by atoms with E-state index >= 15 is 0 Å². The number of benzene rings is 1. The van der Waals surface area contributed by atoms with Crippen molar-refractivity contribution in [3.05, 3.63) is 34.1 Å². The standard InChI is InChI=1S/C14H17BrFNO3/c1-3-10(4-2)17-13(18)8-20-14(19)11-7-9(16)5-6-12(11)15/h5-7,10H,3-4,8H2,1-2H3,(H,17,18). The highest BCUT2D eigenvalue weighted by molar-refractivity contribution is 9.10. The summed E-state index contributed by atoms with van der Waals surface area (Å²) in [6.07, 6.45) is 1.62. The lowest BCUT2D eigenvalue weighted by Gasteiger charge is -2.14. The Morgan fingerprint density at radius 3 is 2.60 bits per heavy atom. The molecule has 0 aromatic heterocycles. The molecule has 1 amide bonds. The Balaban J connectivity index is 2.55. The summed E-state index contributed by atoms with van der Waals surface area (Å²) in [6.45, 7) is 3.55. The second kappa shape index (κ2) is 7.99. The van der Waals surface area contributed by atoms with Gasteiger partial charge in [-0.3, -0.25) is 4.79 Å². The summed E-state index contributed by atoms with van der Waals surface area (Å²) in [7, 11) is 0. The van der Waals surface area contributed by atoms with Gasteiger partial charge in [-0.1, -0.05) is 13.8 Å². The van der Waals surface area contributed by atoms with E-state index in [0.717, 1.165) is 18.9 Å². The quantitative estimate of drug-likeness (QED) is 0.806. The van der Waals surface area contributed by atoms with Gasteiger partial charge in [-0.25, -0.2) is 9.18 Å². The second-order valence-corrected chi connectivity index (χ2v) is 5.14. The molecule has 0 bridgehead atoms. The molecule has 0 atom stereocenters. The van der Waals surface area contributed by atoms with E-state index in [-0.39, 0.29) is 24.1 Å². The Hall–Kier alpha value is -1.43. The van der Waals surface area contributed by atoms with E-state index < -0.39 is 11.8 Å². The van der Waals surface area contributed by atoms with Crippen molar-refractivity contribution in [2.45, 2.75) is 32.7 Å². The van der Waals surface area contributed by atoms with Crippen molar-refractivity contribution in [2.75, 3.05) is 6.61 Å². The molecule has 20 heavy (non-hydrogen) atoms. The zero-order chi connectivity index (χ0) is 15.1. The number of halogens is 2. The highest BCUT2D eigenvalue weighted by atomic mass is 79.9. The van der Waals surface area contributed by atoms with E-state index in [9.17, 15) is 14.0 Å². The van der Waals surface area contributed by atoms with Gasteiger partial charge in [0.25, 0.3) is 5.91 Å². The van der Waals surface area contributed by atoms with Crippen LogP contribution in [-0.4, -0.2) is 24.5 Å². The van der Waals surface area contributed by atoms with E-state index in [1.165, 1.54) is 12.1 Å². The minimum absolute atomic E-state index is 0.0559. The van der Waals surface area contributed by atoms with Gasteiger partial charge in [-0.15, -0.1) is 0 Å². The van der Waals surface area contributed by atoms with Gasteiger partial charge in [0.05, 0.1) is 5.56 Å². The smallest absolute Gasteiger partial charge is 0.339 e. The molecule has 0 aliphatic rings. The zero-order valence-corrected chi connectivity index (χ0v) is 13.0. The van der Waals surface area contributed by atoms with Crippen LogP contribution in [0, 0.1) is 5.82 Å². The molecule has 0 saturated carbocycles. The summed E-state index contributed by atoms with van der Waals surface area (Å²) in [5.41, 5.74) is 0.0559. The van der Waals surface area contributed by atoms with Crippen LogP contribution in [0.15, 0.2) is 22.7 Å². The van der Waals surface area contributed by atoms with Crippen LogP contribution < -0.4 is 5.32 Å². The SMILES string of the molecule is CCC(CC)NC(=O)COC(=O)c1cc(F)ccc1Br. The molecule has 0 radical (unpaired) electrons. The molecule has 0 aliphatic heterocycles. The van der Waals surface area contributed by atoms with Crippen LogP contribution in [0.5, 0.6) is 0 Å². The van der Waals surface area contributed by atoms with Crippen molar-refractivity contribution in [1.29, 1.82) is 0 Å². The van der Waals surface area contributed by atoms with Crippen LogP contribution in [0.4, 0.5) is 4.39 Å². The van der Waals surface area contributed by atoms with E-state index in [4.69, 9.17) is 4.74 Å². The number of hydrogen-bond acceptors (Lipinski definition) is 3. The number of ether oxygens (including phenoxy) is 1. The number of nitrogens with one attached hydrogen (secondary N) is 1. The number of hydrogen-bond donors (Lipinski definition) is 1. The first kappa shape index (κ1) is 16.6. The highest BCUT2D eigenvalue weighted by Crippen LogP contribution is 2.18. The Labute approximate surface area is 125 Å². The van der Waals surface area contributed by atoms with Crippen LogP contribution >= 0.6 is 15.9 Å². The van der Waals surface area contributed by atoms with Crippen molar-refractivity contribution in [3.63, 3.8) is 0 Å². The summed E-state index contributed by atoms with van der Waals surface area (Å²) < 4.78 is 18.4. The molecule has 1 rings (SSSR count). The van der Waals surface area contributed by atoms with Crippen molar-refractivity contribution in [3.8, 4) is 0 Å². The summed E-state index contributed by atoms with van der Waals surface area (Å²) in [5, 5.41) is 2.75. The maximum Gasteiger partial charge on any atom is 0.339 e. The lowest BCUT2D eigenvalue weighted by Crippen LogP contribution is -2.36. The third kappa shape index (κ3) is 4.92. The molecular formula is C14H17BrFNO3. The van der Waals surface area contributed by atoms with Gasteiger partial charge in [0.1, 0.15) is 5.82 Å². The van der Waals surface area contributed by atoms with E-state index in [1.807, 2.05) is 13.8 Å². The molecule has 0 fully saturated rings. The molecule has 0 heterocycles. The third-order valence-corrected chi connectivity index (χ3v) is 3.52. The van der Waals surface area contributed by atoms with Crippen molar-refractivity contribution in [2.24, 2.45) is 0 Å². The molecule has 1 N–H and O–H groups in total. The Morgan fingerprint density at radius 1 is 1.35 bits per heavy atom. The van der Waals surface area contributed by atoms with Gasteiger partial charge in [0.15, 0.2) is 6.61 Å². The van der Waals surface area contributed by atoms with Crippen LogP contribution in [-0.2, 0) is 9.53 Å². The van der Waals surface area contributed by atoms with Crippen LogP contribution in [0.2, 0.25) is 0 Å². The number of rotatable bonds is 6. The molecular weight excluding hydrogens is 329 g/mol. The second-order valence-electron chi connectivity index (χ2n) is 4.28. The largest absolute Gasteiger partial charge is 0.452 e. The van der Waals surface area contributed by atoms with Crippen LogP contribution in [0.3, 0.4) is 0 Å². The monoisotopic (exact) mass is 345 g/mol.